The summed E-state index contributed by atoms with van der Waals surface area (Å²) >= 11 is 0. The molecule has 1 saturated heterocycles. The Hall–Kier alpha value is -2.38. The molecule has 2 heterocycles. The zero-order chi connectivity index (χ0) is 15.7. The first-order chi connectivity index (χ1) is 10.5. The molecular weight excluding hydrogens is 288 g/mol. The van der Waals surface area contributed by atoms with Crippen LogP contribution in [0.2, 0.25) is 0 Å². The van der Waals surface area contributed by atoms with Crippen LogP contribution >= 0.6 is 0 Å². The lowest BCUT2D eigenvalue weighted by molar-refractivity contribution is -0.131. The Bertz CT molecular complexity index is 618. The predicted octanol–water partition coefficient (Wildman–Crippen LogP) is 1.18. The Kier molecular flexibility index (Phi) is 3.59. The maximum Gasteiger partial charge on any atom is 0.325 e. The second kappa shape index (κ2) is 5.43. The van der Waals surface area contributed by atoms with Gasteiger partial charge in [0, 0.05) is 19.0 Å². The second-order valence-corrected chi connectivity index (χ2v) is 5.80. The summed E-state index contributed by atoms with van der Waals surface area (Å²) in [5.41, 5.74) is -0.725. The first kappa shape index (κ1) is 14.6. The summed E-state index contributed by atoms with van der Waals surface area (Å²) in [5, 5.41) is 9.00. The molecule has 0 radical (unpaired) electrons. The summed E-state index contributed by atoms with van der Waals surface area (Å²) in [4.78, 5) is 37.3. The van der Waals surface area contributed by atoms with E-state index in [4.69, 9.17) is 4.52 Å². The number of carbonyl (C=O) groups excluding carboxylic acids is 3. The summed E-state index contributed by atoms with van der Waals surface area (Å²) < 4.78 is 4.85. The van der Waals surface area contributed by atoms with Crippen LogP contribution in [-0.2, 0) is 9.59 Å². The number of nitrogens with zero attached hydrogens (tertiary/aromatic N) is 2. The van der Waals surface area contributed by atoms with E-state index in [1.807, 2.05) is 0 Å². The third-order valence-electron chi connectivity index (χ3n) is 4.16. The lowest BCUT2D eigenvalue weighted by Crippen LogP contribution is -2.44. The minimum atomic E-state index is -0.725. The van der Waals surface area contributed by atoms with Gasteiger partial charge in [-0.05, 0) is 19.8 Å². The Morgan fingerprint density at radius 3 is 2.82 bits per heavy atom. The minimum Gasteiger partial charge on any atom is -0.360 e. The molecule has 2 aliphatic rings. The molecular formula is C14H18N4O4. The van der Waals surface area contributed by atoms with Crippen molar-refractivity contribution in [2.45, 2.75) is 44.6 Å². The molecule has 1 saturated carbocycles. The summed E-state index contributed by atoms with van der Waals surface area (Å²) in [7, 11) is 0. The van der Waals surface area contributed by atoms with Gasteiger partial charge in [-0.2, -0.15) is 0 Å². The van der Waals surface area contributed by atoms with E-state index in [1.165, 1.54) is 0 Å². The molecule has 8 heteroatoms. The molecule has 1 aliphatic heterocycles. The smallest absolute Gasteiger partial charge is 0.325 e. The van der Waals surface area contributed by atoms with Crippen LogP contribution in [0, 0.1) is 6.92 Å². The molecule has 0 atom stereocenters. The van der Waals surface area contributed by atoms with Gasteiger partial charge in [-0.3, -0.25) is 14.5 Å². The lowest BCUT2D eigenvalue weighted by atomic mass is 9.98. The normalized spacial score (nSPS) is 19.8. The predicted molar refractivity (Wildman–Crippen MR) is 75.9 cm³/mol. The van der Waals surface area contributed by atoms with Crippen molar-refractivity contribution >= 4 is 23.7 Å². The van der Waals surface area contributed by atoms with E-state index in [9.17, 15) is 14.4 Å². The van der Waals surface area contributed by atoms with Crippen LogP contribution in [0.4, 0.5) is 10.6 Å². The van der Waals surface area contributed by atoms with Crippen LogP contribution in [0.1, 0.15) is 37.9 Å². The summed E-state index contributed by atoms with van der Waals surface area (Å²) in [5.74, 6) is 0.390. The minimum absolute atomic E-state index is 0.0289. The number of nitrogens with one attached hydrogen (secondary N) is 2. The fourth-order valence-electron chi connectivity index (χ4n) is 3.04. The quantitative estimate of drug-likeness (QED) is 0.813. The topological polar surface area (TPSA) is 105 Å². The van der Waals surface area contributed by atoms with Crippen molar-refractivity contribution in [1.82, 2.24) is 15.4 Å². The molecule has 0 aromatic carbocycles. The SMILES string of the molecule is Cc1cc(NC(=O)CCN2C(=O)NC3(CCCC3)C2=O)no1. The Balaban J connectivity index is 1.56. The third-order valence-corrected chi connectivity index (χ3v) is 4.16. The van der Waals surface area contributed by atoms with Crippen LogP contribution in [0.5, 0.6) is 0 Å². The van der Waals surface area contributed by atoms with Gasteiger partial charge in [-0.15, -0.1) is 0 Å². The maximum atomic E-state index is 12.4. The highest BCUT2D eigenvalue weighted by atomic mass is 16.5. The molecule has 2 N–H and O–H groups in total. The fourth-order valence-corrected chi connectivity index (χ4v) is 3.04. The number of rotatable bonds is 4. The molecule has 1 aliphatic carbocycles. The number of aromatic nitrogens is 1. The van der Waals surface area contributed by atoms with Crippen LogP contribution in [-0.4, -0.2) is 40.0 Å². The lowest BCUT2D eigenvalue weighted by Gasteiger charge is -2.19. The highest BCUT2D eigenvalue weighted by Crippen LogP contribution is 2.34. The van der Waals surface area contributed by atoms with Crippen molar-refractivity contribution in [2.75, 3.05) is 11.9 Å². The number of imide groups is 1. The standard InChI is InChI=1S/C14H18N4O4/c1-9-8-10(17-22-9)15-11(19)4-7-18-12(20)14(16-13(18)21)5-2-3-6-14/h8H,2-7H2,1H3,(H,16,21)(H,15,17,19). The monoisotopic (exact) mass is 306 g/mol. The van der Waals surface area contributed by atoms with E-state index in [0.29, 0.717) is 24.4 Å². The molecule has 0 unspecified atom stereocenters. The molecule has 1 aromatic heterocycles. The van der Waals surface area contributed by atoms with E-state index >= 15 is 0 Å². The number of carbonyl (C=O) groups is 3. The van der Waals surface area contributed by atoms with Crippen molar-refractivity contribution < 1.29 is 18.9 Å². The largest absolute Gasteiger partial charge is 0.360 e. The van der Waals surface area contributed by atoms with E-state index in [-0.39, 0.29) is 24.8 Å². The summed E-state index contributed by atoms with van der Waals surface area (Å²) in [6, 6.07) is 1.19. The Labute approximate surface area is 127 Å². The first-order valence-electron chi connectivity index (χ1n) is 7.37. The maximum absolute atomic E-state index is 12.4. The van der Waals surface area contributed by atoms with Crippen molar-refractivity contribution in [2.24, 2.45) is 0 Å². The highest BCUT2D eigenvalue weighted by molar-refractivity contribution is 6.07. The van der Waals surface area contributed by atoms with Crippen LogP contribution < -0.4 is 10.6 Å². The molecule has 8 nitrogen and oxygen atoms in total. The number of urea groups is 1. The molecule has 1 spiro atoms. The van der Waals surface area contributed by atoms with Crippen molar-refractivity contribution in [3.63, 3.8) is 0 Å². The average molecular weight is 306 g/mol. The van der Waals surface area contributed by atoms with Crippen molar-refractivity contribution in [3.8, 4) is 0 Å². The zero-order valence-corrected chi connectivity index (χ0v) is 12.3. The van der Waals surface area contributed by atoms with E-state index in [1.54, 1.807) is 13.0 Å². The van der Waals surface area contributed by atoms with Crippen molar-refractivity contribution in [1.29, 1.82) is 0 Å². The van der Waals surface area contributed by atoms with Gasteiger partial charge in [-0.25, -0.2) is 4.79 Å². The molecule has 4 amide bonds. The number of anilines is 1. The molecule has 3 rings (SSSR count). The number of amides is 4. The van der Waals surface area contributed by atoms with Gasteiger partial charge in [0.2, 0.25) is 5.91 Å². The van der Waals surface area contributed by atoms with E-state index < -0.39 is 11.6 Å². The van der Waals surface area contributed by atoms with E-state index in [2.05, 4.69) is 15.8 Å². The molecule has 2 fully saturated rings. The van der Waals surface area contributed by atoms with Gasteiger partial charge in [0.25, 0.3) is 5.91 Å². The van der Waals surface area contributed by atoms with Gasteiger partial charge in [0.15, 0.2) is 5.82 Å². The zero-order valence-electron chi connectivity index (χ0n) is 12.3. The second-order valence-electron chi connectivity index (χ2n) is 5.80. The van der Waals surface area contributed by atoms with Crippen molar-refractivity contribution in [3.05, 3.63) is 11.8 Å². The highest BCUT2D eigenvalue weighted by Gasteiger charge is 2.52. The van der Waals surface area contributed by atoms with Gasteiger partial charge >= 0.3 is 6.03 Å². The fraction of sp³-hybridized carbons (Fsp3) is 0.571. The average Bonchev–Trinajstić information content (AvgIpc) is 3.13. The summed E-state index contributed by atoms with van der Waals surface area (Å²) in [6.07, 6.45) is 3.26. The van der Waals surface area contributed by atoms with Gasteiger partial charge < -0.3 is 15.2 Å². The summed E-state index contributed by atoms with van der Waals surface area (Å²) in [6.45, 7) is 1.78. The van der Waals surface area contributed by atoms with Gasteiger partial charge in [0.1, 0.15) is 11.3 Å². The first-order valence-corrected chi connectivity index (χ1v) is 7.37. The molecule has 0 bridgehead atoms. The molecule has 1 aromatic rings. The van der Waals surface area contributed by atoms with Crippen LogP contribution in [0.3, 0.4) is 0 Å². The van der Waals surface area contributed by atoms with E-state index in [0.717, 1.165) is 17.7 Å². The van der Waals surface area contributed by atoms with Gasteiger partial charge in [-0.1, -0.05) is 18.0 Å². The van der Waals surface area contributed by atoms with Gasteiger partial charge in [0.05, 0.1) is 0 Å². The molecule has 118 valence electrons. The van der Waals surface area contributed by atoms with Crippen LogP contribution in [0.15, 0.2) is 10.6 Å². The molecule has 22 heavy (non-hydrogen) atoms. The third kappa shape index (κ3) is 2.56. The Morgan fingerprint density at radius 1 is 1.45 bits per heavy atom. The number of hydrogen-bond acceptors (Lipinski definition) is 5. The Morgan fingerprint density at radius 2 is 2.18 bits per heavy atom. The van der Waals surface area contributed by atoms with Crippen LogP contribution in [0.25, 0.3) is 0 Å². The number of hydrogen-bond donors (Lipinski definition) is 2. The number of aryl methyl sites for hydroxylation is 1.